The third kappa shape index (κ3) is 3.20. The quantitative estimate of drug-likeness (QED) is 0.828. The van der Waals surface area contributed by atoms with Gasteiger partial charge in [-0.25, -0.2) is 12.8 Å². The monoisotopic (exact) mass is 316 g/mol. The Bertz CT molecular complexity index is 623. The van der Waals surface area contributed by atoms with E-state index in [1.54, 1.807) is 6.92 Å². The van der Waals surface area contributed by atoms with Crippen LogP contribution in [0.2, 0.25) is 0 Å². The number of nitrogens with two attached hydrogens (primary N) is 1. The smallest absolute Gasteiger partial charge is 0.243 e. The molecule has 1 fully saturated rings. The highest BCUT2D eigenvalue weighted by atomic mass is 32.2. The first-order valence-electron chi connectivity index (χ1n) is 6.97. The van der Waals surface area contributed by atoms with Gasteiger partial charge in [0.2, 0.25) is 10.0 Å². The predicted octanol–water partition coefficient (Wildman–Crippen LogP) is 1.50. The molecular weight excluding hydrogens is 295 g/mol. The van der Waals surface area contributed by atoms with Crippen molar-refractivity contribution in [2.45, 2.75) is 37.7 Å². The molecule has 0 aromatic heterocycles. The number of nitrogen functional groups attached to an aromatic ring is 1. The van der Waals surface area contributed by atoms with Gasteiger partial charge in [0.15, 0.2) is 0 Å². The van der Waals surface area contributed by atoms with E-state index in [2.05, 4.69) is 0 Å². The van der Waals surface area contributed by atoms with Crippen LogP contribution in [-0.4, -0.2) is 37.0 Å². The number of rotatable bonds is 3. The van der Waals surface area contributed by atoms with Gasteiger partial charge in [0.25, 0.3) is 0 Å². The van der Waals surface area contributed by atoms with E-state index in [4.69, 9.17) is 5.73 Å². The highest BCUT2D eigenvalue weighted by molar-refractivity contribution is 7.89. The minimum absolute atomic E-state index is 0.0736. The molecule has 21 heavy (non-hydrogen) atoms. The molecule has 1 atom stereocenters. The third-order valence-electron chi connectivity index (χ3n) is 4.12. The Balaban J connectivity index is 2.28. The fourth-order valence-electron chi connectivity index (χ4n) is 2.68. The molecule has 1 unspecified atom stereocenters. The minimum atomic E-state index is -3.76. The number of sulfonamides is 1. The standard InChI is InChI=1S/C14H21FN2O3S/c1-9-13(15)7-12(16)8-14(9)21(19,20)17-5-3-11(4-6-17)10(2)18/h7-8,10-11,18H,3-6,16H2,1-2H3. The molecule has 0 radical (unpaired) electrons. The maximum atomic E-state index is 13.7. The van der Waals surface area contributed by atoms with E-state index in [1.807, 2.05) is 0 Å². The lowest BCUT2D eigenvalue weighted by molar-refractivity contribution is 0.0912. The number of anilines is 1. The Morgan fingerprint density at radius 1 is 1.38 bits per heavy atom. The summed E-state index contributed by atoms with van der Waals surface area (Å²) < 4.78 is 40.3. The van der Waals surface area contributed by atoms with Crippen LogP contribution in [0.4, 0.5) is 10.1 Å². The van der Waals surface area contributed by atoms with Crippen LogP contribution in [0.5, 0.6) is 0 Å². The Kier molecular flexibility index (Phi) is 4.55. The van der Waals surface area contributed by atoms with Gasteiger partial charge in [-0.1, -0.05) is 0 Å². The fourth-order valence-corrected chi connectivity index (χ4v) is 4.42. The van der Waals surface area contributed by atoms with Crippen molar-refractivity contribution in [3.63, 3.8) is 0 Å². The second-order valence-electron chi connectivity index (χ2n) is 5.61. The number of aliphatic hydroxyl groups excluding tert-OH is 1. The molecule has 0 amide bonds. The molecule has 5 nitrogen and oxygen atoms in total. The van der Waals surface area contributed by atoms with Crippen molar-refractivity contribution in [1.82, 2.24) is 4.31 Å². The minimum Gasteiger partial charge on any atom is -0.399 e. The van der Waals surface area contributed by atoms with E-state index in [-0.39, 0.29) is 22.1 Å². The van der Waals surface area contributed by atoms with E-state index in [0.29, 0.717) is 25.9 Å². The lowest BCUT2D eigenvalue weighted by Gasteiger charge is -2.32. The van der Waals surface area contributed by atoms with Crippen LogP contribution in [0.3, 0.4) is 0 Å². The molecule has 0 spiro atoms. The molecule has 1 aliphatic heterocycles. The van der Waals surface area contributed by atoms with E-state index in [9.17, 15) is 17.9 Å². The van der Waals surface area contributed by atoms with Crippen molar-refractivity contribution in [1.29, 1.82) is 0 Å². The van der Waals surface area contributed by atoms with Gasteiger partial charge in [-0.15, -0.1) is 0 Å². The second kappa shape index (κ2) is 5.90. The largest absolute Gasteiger partial charge is 0.399 e. The van der Waals surface area contributed by atoms with Crippen molar-refractivity contribution in [2.24, 2.45) is 5.92 Å². The molecule has 1 aliphatic rings. The van der Waals surface area contributed by atoms with Crippen LogP contribution in [0.15, 0.2) is 17.0 Å². The van der Waals surface area contributed by atoms with Gasteiger partial charge >= 0.3 is 0 Å². The summed E-state index contributed by atoms with van der Waals surface area (Å²) >= 11 is 0. The predicted molar refractivity (Wildman–Crippen MR) is 78.7 cm³/mol. The zero-order valence-electron chi connectivity index (χ0n) is 12.2. The first-order valence-corrected chi connectivity index (χ1v) is 8.41. The molecule has 0 bridgehead atoms. The highest BCUT2D eigenvalue weighted by Crippen LogP contribution is 2.29. The number of hydrogen-bond acceptors (Lipinski definition) is 4. The van der Waals surface area contributed by atoms with Gasteiger partial charge in [-0.05, 0) is 44.7 Å². The van der Waals surface area contributed by atoms with Crippen LogP contribution < -0.4 is 5.73 Å². The highest BCUT2D eigenvalue weighted by Gasteiger charge is 2.32. The molecule has 7 heteroatoms. The first kappa shape index (κ1) is 16.2. The van der Waals surface area contributed by atoms with Crippen LogP contribution in [0.1, 0.15) is 25.3 Å². The maximum Gasteiger partial charge on any atom is 0.243 e. The van der Waals surface area contributed by atoms with E-state index >= 15 is 0 Å². The van der Waals surface area contributed by atoms with Gasteiger partial charge < -0.3 is 10.8 Å². The average Bonchev–Trinajstić information content (AvgIpc) is 2.42. The number of benzene rings is 1. The topological polar surface area (TPSA) is 83.6 Å². The van der Waals surface area contributed by atoms with Gasteiger partial charge in [0.1, 0.15) is 5.82 Å². The van der Waals surface area contributed by atoms with Gasteiger partial charge in [0.05, 0.1) is 11.0 Å². The van der Waals surface area contributed by atoms with Crippen molar-refractivity contribution < 1.29 is 17.9 Å². The summed E-state index contributed by atoms with van der Waals surface area (Å²) in [4.78, 5) is -0.0736. The molecule has 0 aliphatic carbocycles. The molecular formula is C14H21FN2O3S. The maximum absolute atomic E-state index is 13.7. The molecule has 0 saturated carbocycles. The van der Waals surface area contributed by atoms with E-state index in [1.165, 1.54) is 17.3 Å². The summed E-state index contributed by atoms with van der Waals surface area (Å²) in [6, 6.07) is 2.42. The lowest BCUT2D eigenvalue weighted by Crippen LogP contribution is -2.41. The van der Waals surface area contributed by atoms with Gasteiger partial charge in [0, 0.05) is 24.3 Å². The van der Waals surface area contributed by atoms with Crippen molar-refractivity contribution in [2.75, 3.05) is 18.8 Å². The molecule has 118 valence electrons. The molecule has 1 saturated heterocycles. The number of aliphatic hydroxyl groups is 1. The summed E-state index contributed by atoms with van der Waals surface area (Å²) in [5.41, 5.74) is 5.74. The Hall–Kier alpha value is -1.18. The van der Waals surface area contributed by atoms with Crippen molar-refractivity contribution >= 4 is 15.7 Å². The van der Waals surface area contributed by atoms with E-state index < -0.39 is 21.9 Å². The number of halogens is 1. The normalized spacial score (nSPS) is 19.6. The van der Waals surface area contributed by atoms with Crippen LogP contribution in [0.25, 0.3) is 0 Å². The zero-order valence-corrected chi connectivity index (χ0v) is 13.0. The van der Waals surface area contributed by atoms with Crippen molar-refractivity contribution in [3.8, 4) is 0 Å². The van der Waals surface area contributed by atoms with Crippen LogP contribution in [0, 0.1) is 18.7 Å². The number of hydrogen-bond donors (Lipinski definition) is 2. The van der Waals surface area contributed by atoms with Gasteiger partial charge in [-0.2, -0.15) is 4.31 Å². The molecule has 3 N–H and O–H groups in total. The molecule has 1 aromatic carbocycles. The SMILES string of the molecule is Cc1c(F)cc(N)cc1S(=O)(=O)N1CCC(C(C)O)CC1. The van der Waals surface area contributed by atoms with Crippen molar-refractivity contribution in [3.05, 3.63) is 23.5 Å². The summed E-state index contributed by atoms with van der Waals surface area (Å²) in [5.74, 6) is -0.512. The third-order valence-corrected chi connectivity index (χ3v) is 6.14. The van der Waals surface area contributed by atoms with Gasteiger partial charge in [-0.3, -0.25) is 0 Å². The summed E-state index contributed by atoms with van der Waals surface area (Å²) in [5, 5.41) is 9.57. The zero-order chi connectivity index (χ0) is 15.8. The first-order chi connectivity index (χ1) is 9.73. The summed E-state index contributed by atoms with van der Waals surface area (Å²) in [6.45, 7) is 3.80. The average molecular weight is 316 g/mol. The van der Waals surface area contributed by atoms with E-state index in [0.717, 1.165) is 6.07 Å². The number of piperidine rings is 1. The molecule has 2 rings (SSSR count). The molecule has 1 aromatic rings. The Morgan fingerprint density at radius 3 is 2.48 bits per heavy atom. The Labute approximate surface area is 124 Å². The molecule has 1 heterocycles. The summed E-state index contributed by atoms with van der Waals surface area (Å²) in [7, 11) is -3.76. The Morgan fingerprint density at radius 2 is 1.95 bits per heavy atom. The summed E-state index contributed by atoms with van der Waals surface area (Å²) in [6.07, 6.45) is 0.753. The van der Waals surface area contributed by atoms with Crippen LogP contribution >= 0.6 is 0 Å². The fraction of sp³-hybridized carbons (Fsp3) is 0.571. The lowest BCUT2D eigenvalue weighted by atomic mass is 9.93. The number of nitrogens with zero attached hydrogens (tertiary/aromatic N) is 1. The van der Waals surface area contributed by atoms with Crippen LogP contribution in [-0.2, 0) is 10.0 Å². The second-order valence-corrected chi connectivity index (χ2v) is 7.51.